The molecule has 1 aliphatic heterocycles. The van der Waals surface area contributed by atoms with Crippen LogP contribution in [0.5, 0.6) is 0 Å². The van der Waals surface area contributed by atoms with Crippen LogP contribution >= 0.6 is 15.9 Å². The Morgan fingerprint density at radius 3 is 2.80 bits per heavy atom. The van der Waals surface area contributed by atoms with Crippen LogP contribution in [0.3, 0.4) is 0 Å². The SMILES string of the molecule is CNC(=O)C1(C)CCN(C(=O)c2cc(F)ccc2Br)C1. The number of rotatable bonds is 2. The van der Waals surface area contributed by atoms with Crippen molar-refractivity contribution in [2.24, 2.45) is 5.41 Å². The second kappa shape index (κ2) is 5.52. The molecule has 0 aliphatic carbocycles. The van der Waals surface area contributed by atoms with E-state index in [1.807, 2.05) is 6.92 Å². The van der Waals surface area contributed by atoms with Gasteiger partial charge in [0.05, 0.1) is 11.0 Å². The lowest BCUT2D eigenvalue weighted by Crippen LogP contribution is -2.40. The highest BCUT2D eigenvalue weighted by atomic mass is 79.9. The molecule has 108 valence electrons. The maximum absolute atomic E-state index is 13.3. The molecule has 1 aromatic carbocycles. The van der Waals surface area contributed by atoms with E-state index in [1.54, 1.807) is 11.9 Å². The van der Waals surface area contributed by atoms with E-state index in [4.69, 9.17) is 0 Å². The summed E-state index contributed by atoms with van der Waals surface area (Å²) in [5, 5.41) is 2.62. The minimum absolute atomic E-state index is 0.0777. The van der Waals surface area contributed by atoms with Crippen LogP contribution < -0.4 is 5.32 Å². The first-order chi connectivity index (χ1) is 9.37. The molecule has 1 atom stereocenters. The fourth-order valence-electron chi connectivity index (χ4n) is 2.45. The summed E-state index contributed by atoms with van der Waals surface area (Å²) in [4.78, 5) is 25.9. The van der Waals surface area contributed by atoms with Crippen LogP contribution in [-0.2, 0) is 4.79 Å². The summed E-state index contributed by atoms with van der Waals surface area (Å²) < 4.78 is 13.8. The van der Waals surface area contributed by atoms with Crippen LogP contribution in [0.1, 0.15) is 23.7 Å². The van der Waals surface area contributed by atoms with Crippen molar-refractivity contribution >= 4 is 27.7 Å². The Balaban J connectivity index is 2.20. The highest BCUT2D eigenvalue weighted by molar-refractivity contribution is 9.10. The van der Waals surface area contributed by atoms with Gasteiger partial charge in [-0.2, -0.15) is 0 Å². The van der Waals surface area contributed by atoms with Gasteiger partial charge in [-0.1, -0.05) is 0 Å². The third-order valence-corrected chi connectivity index (χ3v) is 4.39. The van der Waals surface area contributed by atoms with Gasteiger partial charge >= 0.3 is 0 Å². The molecule has 0 saturated carbocycles. The van der Waals surface area contributed by atoms with E-state index in [0.717, 1.165) is 0 Å². The van der Waals surface area contributed by atoms with Crippen molar-refractivity contribution in [3.8, 4) is 0 Å². The topological polar surface area (TPSA) is 49.4 Å². The maximum atomic E-state index is 13.3. The molecular formula is C14H16BrFN2O2. The molecule has 1 fully saturated rings. The van der Waals surface area contributed by atoms with Gasteiger partial charge in [0.2, 0.25) is 5.91 Å². The fourth-order valence-corrected chi connectivity index (χ4v) is 2.87. The fraction of sp³-hybridized carbons (Fsp3) is 0.429. The summed E-state index contributed by atoms with van der Waals surface area (Å²) in [6, 6.07) is 4.01. The molecule has 2 amide bonds. The third kappa shape index (κ3) is 2.70. The normalized spacial score (nSPS) is 21.9. The monoisotopic (exact) mass is 342 g/mol. The molecule has 4 nitrogen and oxygen atoms in total. The molecular weight excluding hydrogens is 327 g/mol. The number of nitrogens with zero attached hydrogens (tertiary/aromatic N) is 1. The molecule has 6 heteroatoms. The van der Waals surface area contributed by atoms with E-state index in [-0.39, 0.29) is 17.4 Å². The highest BCUT2D eigenvalue weighted by Crippen LogP contribution is 2.32. The van der Waals surface area contributed by atoms with Crippen molar-refractivity contribution in [3.63, 3.8) is 0 Å². The molecule has 1 aromatic rings. The van der Waals surface area contributed by atoms with E-state index < -0.39 is 11.2 Å². The van der Waals surface area contributed by atoms with Crippen LogP contribution in [0, 0.1) is 11.2 Å². The van der Waals surface area contributed by atoms with Crippen LogP contribution in [0.15, 0.2) is 22.7 Å². The molecule has 0 aromatic heterocycles. The Hall–Kier alpha value is -1.43. The smallest absolute Gasteiger partial charge is 0.255 e. The van der Waals surface area contributed by atoms with Crippen molar-refractivity contribution in [3.05, 3.63) is 34.1 Å². The molecule has 2 rings (SSSR count). The first-order valence-corrected chi connectivity index (χ1v) is 7.13. The number of likely N-dealkylation sites (tertiary alicyclic amines) is 1. The van der Waals surface area contributed by atoms with Crippen LogP contribution in [0.25, 0.3) is 0 Å². The van der Waals surface area contributed by atoms with Gasteiger partial charge < -0.3 is 10.2 Å². The molecule has 1 saturated heterocycles. The summed E-state index contributed by atoms with van der Waals surface area (Å²) >= 11 is 3.26. The lowest BCUT2D eigenvalue weighted by molar-refractivity contribution is -0.128. The molecule has 1 unspecified atom stereocenters. The quantitative estimate of drug-likeness (QED) is 0.895. The molecule has 0 spiro atoms. The molecule has 20 heavy (non-hydrogen) atoms. The summed E-state index contributed by atoms with van der Waals surface area (Å²) in [6.45, 7) is 2.67. The van der Waals surface area contributed by atoms with Crippen molar-refractivity contribution < 1.29 is 14.0 Å². The van der Waals surface area contributed by atoms with Gasteiger partial charge in [0.1, 0.15) is 5.82 Å². The Labute approximate surface area is 125 Å². The summed E-state index contributed by atoms with van der Waals surface area (Å²) in [7, 11) is 1.58. The van der Waals surface area contributed by atoms with Gasteiger partial charge in [0.15, 0.2) is 0 Å². The standard InChI is InChI=1S/C14H16BrFN2O2/c1-14(13(20)17-2)5-6-18(8-14)12(19)10-7-9(16)3-4-11(10)15/h3-4,7H,5-6,8H2,1-2H3,(H,17,20). The minimum Gasteiger partial charge on any atom is -0.359 e. The zero-order valence-electron chi connectivity index (χ0n) is 11.4. The molecule has 1 heterocycles. The first kappa shape index (κ1) is 15.0. The molecule has 0 radical (unpaired) electrons. The van der Waals surface area contributed by atoms with Gasteiger partial charge in [0, 0.05) is 24.6 Å². The van der Waals surface area contributed by atoms with Gasteiger partial charge in [-0.05, 0) is 47.5 Å². The van der Waals surface area contributed by atoms with Gasteiger partial charge in [-0.15, -0.1) is 0 Å². The lowest BCUT2D eigenvalue weighted by Gasteiger charge is -2.23. The van der Waals surface area contributed by atoms with E-state index in [9.17, 15) is 14.0 Å². The number of hydrogen-bond acceptors (Lipinski definition) is 2. The van der Waals surface area contributed by atoms with Crippen LogP contribution in [-0.4, -0.2) is 36.9 Å². The number of halogens is 2. The lowest BCUT2D eigenvalue weighted by atomic mass is 9.89. The highest BCUT2D eigenvalue weighted by Gasteiger charge is 2.41. The van der Waals surface area contributed by atoms with Crippen LogP contribution in [0.2, 0.25) is 0 Å². The zero-order valence-corrected chi connectivity index (χ0v) is 13.0. The number of carbonyl (C=O) groups is 2. The number of carbonyl (C=O) groups excluding carboxylic acids is 2. The number of amides is 2. The molecule has 1 N–H and O–H groups in total. The summed E-state index contributed by atoms with van der Waals surface area (Å²) in [5.41, 5.74) is -0.296. The van der Waals surface area contributed by atoms with E-state index in [0.29, 0.717) is 24.0 Å². The second-order valence-electron chi connectivity index (χ2n) is 5.24. The van der Waals surface area contributed by atoms with Gasteiger partial charge in [-0.25, -0.2) is 4.39 Å². The Morgan fingerprint density at radius 1 is 1.45 bits per heavy atom. The van der Waals surface area contributed by atoms with Crippen molar-refractivity contribution in [1.82, 2.24) is 10.2 Å². The van der Waals surface area contributed by atoms with E-state index in [1.165, 1.54) is 18.2 Å². The average Bonchev–Trinajstić information content (AvgIpc) is 2.83. The number of nitrogens with one attached hydrogen (secondary N) is 1. The van der Waals surface area contributed by atoms with E-state index in [2.05, 4.69) is 21.2 Å². The van der Waals surface area contributed by atoms with Gasteiger partial charge in [-0.3, -0.25) is 9.59 Å². The third-order valence-electron chi connectivity index (χ3n) is 3.69. The minimum atomic E-state index is -0.579. The average molecular weight is 343 g/mol. The summed E-state index contributed by atoms with van der Waals surface area (Å²) in [6.07, 6.45) is 0.603. The predicted molar refractivity (Wildman–Crippen MR) is 76.8 cm³/mol. The molecule has 1 aliphatic rings. The summed E-state index contributed by atoms with van der Waals surface area (Å²) in [5.74, 6) is -0.792. The van der Waals surface area contributed by atoms with Crippen LogP contribution in [0.4, 0.5) is 4.39 Å². The van der Waals surface area contributed by atoms with Crippen molar-refractivity contribution in [2.75, 3.05) is 20.1 Å². The van der Waals surface area contributed by atoms with Crippen molar-refractivity contribution in [2.45, 2.75) is 13.3 Å². The van der Waals surface area contributed by atoms with Gasteiger partial charge in [0.25, 0.3) is 5.91 Å². The Kier molecular flexibility index (Phi) is 4.13. The predicted octanol–water partition coefficient (Wildman–Crippen LogP) is 2.19. The Morgan fingerprint density at radius 2 is 2.15 bits per heavy atom. The molecule has 0 bridgehead atoms. The largest absolute Gasteiger partial charge is 0.359 e. The second-order valence-corrected chi connectivity index (χ2v) is 6.09. The zero-order chi connectivity index (χ0) is 14.9. The van der Waals surface area contributed by atoms with Crippen molar-refractivity contribution in [1.29, 1.82) is 0 Å². The Bertz CT molecular complexity index is 564. The maximum Gasteiger partial charge on any atom is 0.255 e. The van der Waals surface area contributed by atoms with E-state index >= 15 is 0 Å². The number of benzene rings is 1. The number of hydrogen-bond donors (Lipinski definition) is 1. The first-order valence-electron chi connectivity index (χ1n) is 6.34.